The first-order chi connectivity index (χ1) is 4.30. The molecule has 62 valence electrons. The predicted octanol–water partition coefficient (Wildman–Crippen LogP) is 2.55. The summed E-state index contributed by atoms with van der Waals surface area (Å²) in [6.45, 7) is 7.47. The second kappa shape index (κ2) is 6.79. The van der Waals surface area contributed by atoms with Crippen molar-refractivity contribution in [1.29, 1.82) is 0 Å². The third kappa shape index (κ3) is 3.65. The fraction of sp³-hybridized carbons (Fsp3) is 0.889. The Morgan fingerprint density at radius 3 is 1.90 bits per heavy atom. The summed E-state index contributed by atoms with van der Waals surface area (Å²) in [6.07, 6.45) is 2.68. The van der Waals surface area contributed by atoms with Gasteiger partial charge < -0.3 is 0 Å². The van der Waals surface area contributed by atoms with E-state index < -0.39 is 0 Å². The normalized spacial score (nSPS) is 15.6. The van der Waals surface area contributed by atoms with Crippen LogP contribution >= 0.6 is 0 Å². The summed E-state index contributed by atoms with van der Waals surface area (Å²) >= 11 is 0. The lowest BCUT2D eigenvalue weighted by Gasteiger charge is -1.83. The molecule has 0 aliphatic carbocycles. The van der Waals surface area contributed by atoms with Crippen LogP contribution in [0, 0.1) is 0 Å². The van der Waals surface area contributed by atoms with Crippen LogP contribution < -0.4 is 0 Å². The smallest absolute Gasteiger partial charge is 0.149 e. The Balaban J connectivity index is 0. The molecule has 10 heavy (non-hydrogen) atoms. The van der Waals surface area contributed by atoms with E-state index in [0.717, 1.165) is 0 Å². The zero-order chi connectivity index (χ0) is 7.28. The van der Waals surface area contributed by atoms with Crippen molar-refractivity contribution in [2.75, 3.05) is 13.6 Å². The van der Waals surface area contributed by atoms with E-state index in [-0.39, 0.29) is 7.43 Å². The van der Waals surface area contributed by atoms with Gasteiger partial charge in [0, 0.05) is 19.8 Å². The van der Waals surface area contributed by atoms with E-state index in [1.54, 1.807) is 5.71 Å². The molecule has 0 amide bonds. The summed E-state index contributed by atoms with van der Waals surface area (Å²) in [6, 6.07) is 0. The highest BCUT2D eigenvalue weighted by Gasteiger charge is 2.11. The summed E-state index contributed by atoms with van der Waals surface area (Å²) in [5, 5.41) is 0. The van der Waals surface area contributed by atoms with E-state index in [4.69, 9.17) is 0 Å². The van der Waals surface area contributed by atoms with Gasteiger partial charge in [0.15, 0.2) is 0 Å². The molecule has 0 aromatic carbocycles. The number of hydrogen-bond donors (Lipinski definition) is 0. The van der Waals surface area contributed by atoms with E-state index in [1.807, 2.05) is 13.8 Å². The average molecular weight is 144 g/mol. The molecule has 0 aromatic rings. The van der Waals surface area contributed by atoms with Crippen LogP contribution in [0.15, 0.2) is 0 Å². The highest BCUT2D eigenvalue weighted by Crippen LogP contribution is 2.00. The minimum absolute atomic E-state index is 0. The van der Waals surface area contributed by atoms with Crippen molar-refractivity contribution in [3.8, 4) is 0 Å². The number of hydrogen-bond acceptors (Lipinski definition) is 0. The molecule has 0 aromatic heterocycles. The van der Waals surface area contributed by atoms with Crippen LogP contribution in [0.1, 0.15) is 41.0 Å². The summed E-state index contributed by atoms with van der Waals surface area (Å²) < 4.78 is 2.32. The van der Waals surface area contributed by atoms with Crippen LogP contribution in [-0.2, 0) is 0 Å². The predicted molar refractivity (Wildman–Crippen MR) is 49.0 cm³/mol. The molecule has 0 N–H and O–H groups in total. The Morgan fingerprint density at radius 1 is 1.30 bits per heavy atom. The lowest BCUT2D eigenvalue weighted by Crippen LogP contribution is -2.04. The second-order valence-corrected chi connectivity index (χ2v) is 2.26. The summed E-state index contributed by atoms with van der Waals surface area (Å²) in [5.41, 5.74) is 1.54. The van der Waals surface area contributed by atoms with Crippen LogP contribution in [0.25, 0.3) is 0 Å². The van der Waals surface area contributed by atoms with Gasteiger partial charge in [-0.1, -0.05) is 21.3 Å². The monoisotopic (exact) mass is 144 g/mol. The Labute approximate surface area is 65.8 Å². The topological polar surface area (TPSA) is 3.01 Å². The van der Waals surface area contributed by atoms with Gasteiger partial charge in [0.2, 0.25) is 0 Å². The molecule has 0 fully saturated rings. The van der Waals surface area contributed by atoms with Crippen LogP contribution in [0.4, 0.5) is 0 Å². The van der Waals surface area contributed by atoms with E-state index in [2.05, 4.69) is 18.5 Å². The maximum absolute atomic E-state index is 2.32. The Kier molecular flexibility index (Phi) is 8.38. The first kappa shape index (κ1) is 12.4. The number of rotatable bonds is 0. The van der Waals surface area contributed by atoms with Crippen molar-refractivity contribution < 1.29 is 4.58 Å². The van der Waals surface area contributed by atoms with Gasteiger partial charge in [0.1, 0.15) is 19.3 Å². The standard InChI is InChI=1S/C6H12N.C2H6.CH4/c1-6-4-3-5-7(6)2;1-2;/h3-5H2,1-2H3;1-2H3;1H4/q+1;;. The zero-order valence-electron chi connectivity index (χ0n) is 7.07. The van der Waals surface area contributed by atoms with Crippen molar-refractivity contribution in [1.82, 2.24) is 0 Å². The van der Waals surface area contributed by atoms with E-state index in [1.165, 1.54) is 19.4 Å². The molecule has 1 heterocycles. The fourth-order valence-corrected chi connectivity index (χ4v) is 0.954. The largest absolute Gasteiger partial charge is 0.240 e. The average Bonchev–Trinajstić information content (AvgIpc) is 2.23. The quantitative estimate of drug-likeness (QED) is 0.460. The molecule has 0 spiro atoms. The molecular formula is C9H22N+. The van der Waals surface area contributed by atoms with Gasteiger partial charge in [0.25, 0.3) is 0 Å². The fourth-order valence-electron chi connectivity index (χ4n) is 0.954. The molecule has 0 saturated carbocycles. The van der Waals surface area contributed by atoms with Crippen molar-refractivity contribution in [2.24, 2.45) is 0 Å². The van der Waals surface area contributed by atoms with Crippen LogP contribution in [0.2, 0.25) is 0 Å². The molecule has 0 radical (unpaired) electrons. The van der Waals surface area contributed by atoms with E-state index >= 15 is 0 Å². The summed E-state index contributed by atoms with van der Waals surface area (Å²) in [4.78, 5) is 0. The molecule has 1 aliphatic rings. The first-order valence-corrected chi connectivity index (χ1v) is 3.84. The highest BCUT2D eigenvalue weighted by molar-refractivity contribution is 5.77. The van der Waals surface area contributed by atoms with Crippen LogP contribution in [-0.4, -0.2) is 23.9 Å². The molecule has 0 bridgehead atoms. The maximum atomic E-state index is 2.32. The van der Waals surface area contributed by atoms with Crippen molar-refractivity contribution >= 4 is 5.71 Å². The van der Waals surface area contributed by atoms with Gasteiger partial charge in [0.05, 0.1) is 0 Å². The lowest BCUT2D eigenvalue weighted by atomic mass is 10.3. The van der Waals surface area contributed by atoms with Gasteiger partial charge >= 0.3 is 0 Å². The van der Waals surface area contributed by atoms with E-state index in [9.17, 15) is 0 Å². The summed E-state index contributed by atoms with van der Waals surface area (Å²) in [7, 11) is 2.16. The van der Waals surface area contributed by atoms with Gasteiger partial charge in [-0.05, 0) is 0 Å². The second-order valence-electron chi connectivity index (χ2n) is 2.26. The van der Waals surface area contributed by atoms with Crippen LogP contribution in [0.3, 0.4) is 0 Å². The van der Waals surface area contributed by atoms with Gasteiger partial charge in [-0.25, -0.2) is 4.58 Å². The van der Waals surface area contributed by atoms with Gasteiger partial charge in [-0.15, -0.1) is 0 Å². The van der Waals surface area contributed by atoms with Crippen molar-refractivity contribution in [3.63, 3.8) is 0 Å². The summed E-state index contributed by atoms with van der Waals surface area (Å²) in [5.74, 6) is 0. The molecule has 1 heteroatoms. The van der Waals surface area contributed by atoms with E-state index in [0.29, 0.717) is 0 Å². The Hall–Kier alpha value is -0.330. The third-order valence-electron chi connectivity index (χ3n) is 1.68. The maximum Gasteiger partial charge on any atom is 0.149 e. The molecule has 0 unspecified atom stereocenters. The van der Waals surface area contributed by atoms with Gasteiger partial charge in [-0.3, -0.25) is 0 Å². The Bertz CT molecular complexity index is 91.3. The van der Waals surface area contributed by atoms with Gasteiger partial charge in [-0.2, -0.15) is 0 Å². The molecule has 0 atom stereocenters. The number of nitrogens with zero attached hydrogens (tertiary/aromatic N) is 1. The molecular weight excluding hydrogens is 122 g/mol. The highest BCUT2D eigenvalue weighted by atomic mass is 15.0. The minimum atomic E-state index is 0. The van der Waals surface area contributed by atoms with Crippen molar-refractivity contribution in [2.45, 2.75) is 41.0 Å². The zero-order valence-corrected chi connectivity index (χ0v) is 7.07. The minimum Gasteiger partial charge on any atom is -0.240 e. The molecule has 0 saturated heterocycles. The molecule has 1 aliphatic heterocycles. The van der Waals surface area contributed by atoms with Crippen LogP contribution in [0.5, 0.6) is 0 Å². The first-order valence-electron chi connectivity index (χ1n) is 3.84. The van der Waals surface area contributed by atoms with Crippen molar-refractivity contribution in [3.05, 3.63) is 0 Å². The third-order valence-corrected chi connectivity index (χ3v) is 1.68. The Morgan fingerprint density at radius 2 is 1.80 bits per heavy atom. The SMILES string of the molecule is C.CC.CC1=[N+](C)CCC1. The molecule has 1 rings (SSSR count). The lowest BCUT2D eigenvalue weighted by molar-refractivity contribution is -0.489. The molecule has 1 nitrogen and oxygen atoms in total.